The molecule has 3 heteroatoms. The van der Waals surface area contributed by atoms with Gasteiger partial charge in [-0.05, 0) is 71.1 Å². The maximum absolute atomic E-state index is 5.86. The Morgan fingerprint density at radius 2 is 1.76 bits per heavy atom. The van der Waals surface area contributed by atoms with E-state index in [1.807, 2.05) is 0 Å². The maximum Gasteiger partial charge on any atom is 0.119 e. The maximum atomic E-state index is 5.86. The summed E-state index contributed by atoms with van der Waals surface area (Å²) in [6.45, 7) is 6.59. The summed E-state index contributed by atoms with van der Waals surface area (Å²) in [7, 11) is 4.26. The van der Waals surface area contributed by atoms with E-state index in [1.54, 1.807) is 0 Å². The van der Waals surface area contributed by atoms with Crippen molar-refractivity contribution in [1.29, 1.82) is 0 Å². The second-order valence-electron chi connectivity index (χ2n) is 6.41. The Hall–Kier alpha value is -1.06. The van der Waals surface area contributed by atoms with Crippen molar-refractivity contribution >= 4 is 0 Å². The number of hydrogen-bond acceptors (Lipinski definition) is 3. The normalized spacial score (nSPS) is 17.9. The predicted octanol–water partition coefficient (Wildman–Crippen LogP) is 3.04. The van der Waals surface area contributed by atoms with Crippen LogP contribution in [-0.2, 0) is 6.42 Å². The van der Waals surface area contributed by atoms with Crippen molar-refractivity contribution in [3.8, 4) is 5.75 Å². The Morgan fingerprint density at radius 1 is 1.10 bits per heavy atom. The molecule has 1 fully saturated rings. The molecule has 0 aliphatic carbocycles. The van der Waals surface area contributed by atoms with Crippen LogP contribution in [0.2, 0.25) is 0 Å². The van der Waals surface area contributed by atoms with Gasteiger partial charge in [0.1, 0.15) is 12.4 Å². The first-order valence-electron chi connectivity index (χ1n) is 8.25. The number of nitrogens with zero attached hydrogens (tertiary/aromatic N) is 2. The molecule has 0 spiro atoms. The standard InChI is InChI=1S/C18H30N2O/c1-16(19(2)3)15-17-7-9-18(10-8-17)21-14-13-20-11-5-4-6-12-20/h7-10,16H,4-6,11-15H2,1-3H3. The van der Waals surface area contributed by atoms with E-state index in [0.29, 0.717) is 6.04 Å². The average molecular weight is 290 g/mol. The van der Waals surface area contributed by atoms with Gasteiger partial charge in [-0.15, -0.1) is 0 Å². The van der Waals surface area contributed by atoms with Gasteiger partial charge in [-0.2, -0.15) is 0 Å². The first kappa shape index (κ1) is 16.3. The summed E-state index contributed by atoms with van der Waals surface area (Å²) in [6.07, 6.45) is 5.17. The van der Waals surface area contributed by atoms with E-state index < -0.39 is 0 Å². The molecule has 21 heavy (non-hydrogen) atoms. The van der Waals surface area contributed by atoms with E-state index in [0.717, 1.165) is 25.3 Å². The van der Waals surface area contributed by atoms with Crippen LogP contribution in [0, 0.1) is 0 Å². The predicted molar refractivity (Wildman–Crippen MR) is 89.1 cm³/mol. The summed E-state index contributed by atoms with van der Waals surface area (Å²) < 4.78 is 5.86. The Balaban J connectivity index is 1.71. The summed E-state index contributed by atoms with van der Waals surface area (Å²) in [4.78, 5) is 4.76. The molecule has 1 aliphatic rings. The van der Waals surface area contributed by atoms with Gasteiger partial charge in [0.2, 0.25) is 0 Å². The zero-order valence-corrected chi connectivity index (χ0v) is 13.8. The van der Waals surface area contributed by atoms with Crippen LogP contribution in [0.3, 0.4) is 0 Å². The third-order valence-corrected chi connectivity index (χ3v) is 4.46. The van der Waals surface area contributed by atoms with Crippen molar-refractivity contribution < 1.29 is 4.74 Å². The van der Waals surface area contributed by atoms with Crippen LogP contribution in [-0.4, -0.2) is 56.2 Å². The van der Waals surface area contributed by atoms with Crippen LogP contribution < -0.4 is 4.74 Å². The molecule has 0 amide bonds. The molecular formula is C18H30N2O. The molecule has 1 aromatic rings. The van der Waals surface area contributed by atoms with Gasteiger partial charge in [-0.1, -0.05) is 18.6 Å². The summed E-state index contributed by atoms with van der Waals surface area (Å²) in [6, 6.07) is 9.16. The molecule has 0 saturated carbocycles. The zero-order valence-electron chi connectivity index (χ0n) is 13.8. The van der Waals surface area contributed by atoms with Crippen molar-refractivity contribution in [2.24, 2.45) is 0 Å². The monoisotopic (exact) mass is 290 g/mol. The van der Waals surface area contributed by atoms with E-state index in [2.05, 4.69) is 55.1 Å². The third-order valence-electron chi connectivity index (χ3n) is 4.46. The zero-order chi connectivity index (χ0) is 15.1. The lowest BCUT2D eigenvalue weighted by atomic mass is 10.1. The smallest absolute Gasteiger partial charge is 0.119 e. The lowest BCUT2D eigenvalue weighted by Gasteiger charge is -2.26. The topological polar surface area (TPSA) is 15.7 Å². The Kier molecular flexibility index (Phi) is 6.52. The molecule has 2 rings (SSSR count). The van der Waals surface area contributed by atoms with E-state index in [4.69, 9.17) is 4.74 Å². The molecule has 1 unspecified atom stereocenters. The summed E-state index contributed by atoms with van der Waals surface area (Å²) in [5.41, 5.74) is 1.37. The van der Waals surface area contributed by atoms with Crippen LogP contribution >= 0.6 is 0 Å². The SMILES string of the molecule is CC(Cc1ccc(OCCN2CCCCC2)cc1)N(C)C. The fraction of sp³-hybridized carbons (Fsp3) is 0.667. The fourth-order valence-corrected chi connectivity index (χ4v) is 2.72. The van der Waals surface area contributed by atoms with Crippen molar-refractivity contribution in [2.45, 2.75) is 38.6 Å². The van der Waals surface area contributed by atoms with Crippen molar-refractivity contribution in [2.75, 3.05) is 40.3 Å². The van der Waals surface area contributed by atoms with Crippen LogP contribution in [0.25, 0.3) is 0 Å². The average Bonchev–Trinajstić information content (AvgIpc) is 2.50. The quantitative estimate of drug-likeness (QED) is 0.767. The molecule has 1 aliphatic heterocycles. The van der Waals surface area contributed by atoms with Gasteiger partial charge in [0, 0.05) is 12.6 Å². The molecule has 3 nitrogen and oxygen atoms in total. The molecule has 0 N–H and O–H groups in total. The van der Waals surface area contributed by atoms with E-state index >= 15 is 0 Å². The Morgan fingerprint density at radius 3 is 2.38 bits per heavy atom. The Bertz CT molecular complexity index is 396. The molecule has 0 aromatic heterocycles. The molecule has 1 atom stereocenters. The first-order valence-corrected chi connectivity index (χ1v) is 8.25. The fourth-order valence-electron chi connectivity index (χ4n) is 2.72. The highest BCUT2D eigenvalue weighted by atomic mass is 16.5. The minimum Gasteiger partial charge on any atom is -0.492 e. The Labute approximate surface area is 129 Å². The number of likely N-dealkylation sites (N-methyl/N-ethyl adjacent to an activating group) is 1. The number of rotatable bonds is 7. The molecule has 0 radical (unpaired) electrons. The highest BCUT2D eigenvalue weighted by Gasteiger charge is 2.09. The largest absolute Gasteiger partial charge is 0.492 e. The van der Waals surface area contributed by atoms with E-state index in [-0.39, 0.29) is 0 Å². The third kappa shape index (κ3) is 5.68. The van der Waals surface area contributed by atoms with Gasteiger partial charge >= 0.3 is 0 Å². The minimum absolute atomic E-state index is 0.566. The molecule has 1 aromatic carbocycles. The van der Waals surface area contributed by atoms with Crippen molar-refractivity contribution in [3.63, 3.8) is 0 Å². The highest BCUT2D eigenvalue weighted by molar-refractivity contribution is 5.27. The number of likely N-dealkylation sites (tertiary alicyclic amines) is 1. The number of piperidine rings is 1. The van der Waals surface area contributed by atoms with Gasteiger partial charge < -0.3 is 9.64 Å². The van der Waals surface area contributed by atoms with Gasteiger partial charge in [0.25, 0.3) is 0 Å². The first-order chi connectivity index (χ1) is 10.1. The van der Waals surface area contributed by atoms with Crippen LogP contribution in [0.1, 0.15) is 31.7 Å². The second-order valence-corrected chi connectivity index (χ2v) is 6.41. The van der Waals surface area contributed by atoms with Crippen LogP contribution in [0.15, 0.2) is 24.3 Å². The molecule has 0 bridgehead atoms. The molecule has 1 heterocycles. The van der Waals surface area contributed by atoms with Gasteiger partial charge in [0.15, 0.2) is 0 Å². The number of ether oxygens (including phenoxy) is 1. The molecule has 118 valence electrons. The number of hydrogen-bond donors (Lipinski definition) is 0. The van der Waals surface area contributed by atoms with E-state index in [1.165, 1.54) is 37.9 Å². The summed E-state index contributed by atoms with van der Waals surface area (Å²) >= 11 is 0. The van der Waals surface area contributed by atoms with Gasteiger partial charge in [0.05, 0.1) is 0 Å². The van der Waals surface area contributed by atoms with Crippen molar-refractivity contribution in [3.05, 3.63) is 29.8 Å². The van der Waals surface area contributed by atoms with Crippen molar-refractivity contribution in [1.82, 2.24) is 9.80 Å². The van der Waals surface area contributed by atoms with E-state index in [9.17, 15) is 0 Å². The van der Waals surface area contributed by atoms with Crippen LogP contribution in [0.5, 0.6) is 5.75 Å². The molecule has 1 saturated heterocycles. The lowest BCUT2D eigenvalue weighted by molar-refractivity contribution is 0.183. The minimum atomic E-state index is 0.566. The highest BCUT2D eigenvalue weighted by Crippen LogP contribution is 2.15. The van der Waals surface area contributed by atoms with Gasteiger partial charge in [-0.3, -0.25) is 4.90 Å². The lowest BCUT2D eigenvalue weighted by Crippen LogP contribution is -2.33. The number of benzene rings is 1. The van der Waals surface area contributed by atoms with Gasteiger partial charge in [-0.25, -0.2) is 0 Å². The summed E-state index contributed by atoms with van der Waals surface area (Å²) in [5, 5.41) is 0. The summed E-state index contributed by atoms with van der Waals surface area (Å²) in [5.74, 6) is 0.994. The van der Waals surface area contributed by atoms with Crippen LogP contribution in [0.4, 0.5) is 0 Å². The second kappa shape index (κ2) is 8.40. The molecular weight excluding hydrogens is 260 g/mol.